The quantitative estimate of drug-likeness (QED) is 0.648. The summed E-state index contributed by atoms with van der Waals surface area (Å²) >= 11 is 0. The van der Waals surface area contributed by atoms with Gasteiger partial charge in [0.15, 0.2) is 0 Å². The summed E-state index contributed by atoms with van der Waals surface area (Å²) < 4.78 is 5.08. The molecule has 0 saturated heterocycles. The molecule has 2 nitrogen and oxygen atoms in total. The average Bonchev–Trinajstić information content (AvgIpc) is 2.42. The summed E-state index contributed by atoms with van der Waals surface area (Å²) in [6, 6.07) is 10.9. The fourth-order valence-electron chi connectivity index (χ4n) is 2.33. The van der Waals surface area contributed by atoms with Crippen LogP contribution in [0.25, 0.3) is 0 Å². The van der Waals surface area contributed by atoms with Crippen molar-refractivity contribution in [1.82, 2.24) is 5.32 Å². The molecular formula is C17H29NO. The maximum Gasteiger partial charge on any atom is 0.0587 e. The first-order valence-corrected chi connectivity index (χ1v) is 7.48. The van der Waals surface area contributed by atoms with Crippen molar-refractivity contribution >= 4 is 0 Å². The van der Waals surface area contributed by atoms with Crippen molar-refractivity contribution in [2.75, 3.05) is 26.8 Å². The van der Waals surface area contributed by atoms with E-state index in [0.717, 1.165) is 25.6 Å². The number of nitrogens with one attached hydrogen (secondary N) is 1. The Balaban J connectivity index is 2.43. The van der Waals surface area contributed by atoms with Crippen molar-refractivity contribution in [3.05, 3.63) is 35.9 Å². The smallest absolute Gasteiger partial charge is 0.0587 e. The molecule has 0 fully saturated rings. The third kappa shape index (κ3) is 7.34. The van der Waals surface area contributed by atoms with Gasteiger partial charge in [-0.05, 0) is 23.8 Å². The summed E-state index contributed by atoms with van der Waals surface area (Å²) in [6.07, 6.45) is 3.90. The van der Waals surface area contributed by atoms with Gasteiger partial charge in [0, 0.05) is 20.2 Å². The van der Waals surface area contributed by atoms with Crippen LogP contribution in [0, 0.1) is 5.92 Å². The lowest BCUT2D eigenvalue weighted by atomic mass is 9.92. The number of methoxy groups -OCH3 is 1. The zero-order valence-electron chi connectivity index (χ0n) is 12.7. The molecular weight excluding hydrogens is 234 g/mol. The van der Waals surface area contributed by atoms with Crippen molar-refractivity contribution in [2.24, 2.45) is 5.92 Å². The minimum absolute atomic E-state index is 0.622. The van der Waals surface area contributed by atoms with E-state index in [0.29, 0.717) is 5.92 Å². The second-order valence-electron chi connectivity index (χ2n) is 5.63. The summed E-state index contributed by atoms with van der Waals surface area (Å²) in [7, 11) is 1.75. The Morgan fingerprint density at radius 3 is 2.47 bits per heavy atom. The van der Waals surface area contributed by atoms with Gasteiger partial charge in [-0.1, -0.05) is 57.0 Å². The molecule has 0 amide bonds. The van der Waals surface area contributed by atoms with Gasteiger partial charge < -0.3 is 10.1 Å². The molecule has 1 aromatic rings. The van der Waals surface area contributed by atoms with Gasteiger partial charge in [0.25, 0.3) is 0 Å². The lowest BCUT2D eigenvalue weighted by Crippen LogP contribution is -2.25. The van der Waals surface area contributed by atoms with Crippen LogP contribution in [0.15, 0.2) is 30.3 Å². The van der Waals surface area contributed by atoms with Crippen LogP contribution in [0.1, 0.15) is 44.6 Å². The number of benzene rings is 1. The molecule has 1 N–H and O–H groups in total. The third-order valence-corrected chi connectivity index (χ3v) is 3.48. The Morgan fingerprint density at radius 2 is 1.84 bits per heavy atom. The van der Waals surface area contributed by atoms with Gasteiger partial charge in [0.05, 0.1) is 6.61 Å². The lowest BCUT2D eigenvalue weighted by molar-refractivity contribution is 0.198. The zero-order valence-corrected chi connectivity index (χ0v) is 12.7. The Kier molecular flexibility index (Phi) is 8.52. The van der Waals surface area contributed by atoms with Gasteiger partial charge >= 0.3 is 0 Å². The van der Waals surface area contributed by atoms with E-state index in [1.807, 2.05) is 0 Å². The number of hydrogen-bond acceptors (Lipinski definition) is 2. The van der Waals surface area contributed by atoms with Gasteiger partial charge in [-0.25, -0.2) is 0 Å². The summed E-state index contributed by atoms with van der Waals surface area (Å²) in [4.78, 5) is 0. The van der Waals surface area contributed by atoms with Gasteiger partial charge in [-0.3, -0.25) is 0 Å². The molecule has 2 heteroatoms. The van der Waals surface area contributed by atoms with E-state index in [1.54, 1.807) is 7.11 Å². The van der Waals surface area contributed by atoms with Crippen LogP contribution < -0.4 is 5.32 Å². The van der Waals surface area contributed by atoms with Crippen LogP contribution >= 0.6 is 0 Å². The summed E-state index contributed by atoms with van der Waals surface area (Å²) in [5.74, 6) is 1.43. The van der Waals surface area contributed by atoms with Crippen molar-refractivity contribution in [1.29, 1.82) is 0 Å². The van der Waals surface area contributed by atoms with Crippen molar-refractivity contribution < 1.29 is 4.74 Å². The highest BCUT2D eigenvalue weighted by atomic mass is 16.5. The van der Waals surface area contributed by atoms with E-state index in [9.17, 15) is 0 Å². The van der Waals surface area contributed by atoms with E-state index >= 15 is 0 Å². The average molecular weight is 263 g/mol. The first-order chi connectivity index (χ1) is 9.24. The maximum absolute atomic E-state index is 5.08. The fraction of sp³-hybridized carbons (Fsp3) is 0.647. The Labute approximate surface area is 118 Å². The predicted molar refractivity (Wildman–Crippen MR) is 82.6 cm³/mol. The second kappa shape index (κ2) is 9.99. The van der Waals surface area contributed by atoms with E-state index in [2.05, 4.69) is 49.5 Å². The summed E-state index contributed by atoms with van der Waals surface area (Å²) in [6.45, 7) is 7.37. The minimum atomic E-state index is 0.622. The third-order valence-electron chi connectivity index (χ3n) is 3.48. The molecule has 0 aliphatic carbocycles. The summed E-state index contributed by atoms with van der Waals surface area (Å²) in [5.41, 5.74) is 1.45. The van der Waals surface area contributed by atoms with Crippen LogP contribution in [-0.2, 0) is 4.74 Å². The maximum atomic E-state index is 5.08. The van der Waals surface area contributed by atoms with Gasteiger partial charge in [-0.2, -0.15) is 0 Å². The minimum Gasteiger partial charge on any atom is -0.383 e. The molecule has 0 aliphatic heterocycles. The van der Waals surface area contributed by atoms with Crippen molar-refractivity contribution in [2.45, 2.75) is 39.0 Å². The zero-order chi connectivity index (χ0) is 13.9. The van der Waals surface area contributed by atoms with E-state index in [-0.39, 0.29) is 0 Å². The molecule has 0 saturated carbocycles. The molecule has 108 valence electrons. The molecule has 19 heavy (non-hydrogen) atoms. The highest BCUT2D eigenvalue weighted by Gasteiger charge is 2.11. The topological polar surface area (TPSA) is 21.3 Å². The van der Waals surface area contributed by atoms with Crippen LogP contribution in [0.2, 0.25) is 0 Å². The molecule has 0 aliphatic rings. The van der Waals surface area contributed by atoms with E-state index < -0.39 is 0 Å². The fourth-order valence-corrected chi connectivity index (χ4v) is 2.33. The van der Waals surface area contributed by atoms with Gasteiger partial charge in [0.2, 0.25) is 0 Å². The first-order valence-electron chi connectivity index (χ1n) is 7.48. The molecule has 1 aromatic carbocycles. The molecule has 0 aromatic heterocycles. The molecule has 0 radical (unpaired) electrons. The number of rotatable bonds is 10. The van der Waals surface area contributed by atoms with Gasteiger partial charge in [-0.15, -0.1) is 0 Å². The Hall–Kier alpha value is -0.860. The monoisotopic (exact) mass is 263 g/mol. The van der Waals surface area contributed by atoms with E-state index in [1.165, 1.54) is 24.8 Å². The molecule has 0 spiro atoms. The summed E-state index contributed by atoms with van der Waals surface area (Å²) in [5, 5.41) is 3.50. The SMILES string of the molecule is COCCNCC(CCCC(C)C)c1ccccc1. The second-order valence-corrected chi connectivity index (χ2v) is 5.63. The van der Waals surface area contributed by atoms with Crippen LogP contribution in [-0.4, -0.2) is 26.8 Å². The largest absolute Gasteiger partial charge is 0.383 e. The van der Waals surface area contributed by atoms with Gasteiger partial charge in [0.1, 0.15) is 0 Å². The van der Waals surface area contributed by atoms with Crippen molar-refractivity contribution in [3.63, 3.8) is 0 Å². The lowest BCUT2D eigenvalue weighted by Gasteiger charge is -2.18. The Morgan fingerprint density at radius 1 is 1.11 bits per heavy atom. The molecule has 1 unspecified atom stereocenters. The first kappa shape index (κ1) is 16.2. The molecule has 0 bridgehead atoms. The van der Waals surface area contributed by atoms with Crippen LogP contribution in [0.5, 0.6) is 0 Å². The molecule has 1 rings (SSSR count). The highest BCUT2D eigenvalue weighted by Crippen LogP contribution is 2.22. The predicted octanol–water partition coefficient (Wildman–Crippen LogP) is 3.83. The normalized spacial score (nSPS) is 12.8. The van der Waals surface area contributed by atoms with Crippen molar-refractivity contribution in [3.8, 4) is 0 Å². The van der Waals surface area contributed by atoms with E-state index in [4.69, 9.17) is 4.74 Å². The number of hydrogen-bond donors (Lipinski definition) is 1. The number of ether oxygens (including phenoxy) is 1. The van der Waals surface area contributed by atoms with Crippen LogP contribution in [0.3, 0.4) is 0 Å². The Bertz CT molecular complexity index is 310. The highest BCUT2D eigenvalue weighted by molar-refractivity contribution is 5.19. The molecule has 0 heterocycles. The standard InChI is InChI=1S/C17H29NO/c1-15(2)8-7-11-17(14-18-12-13-19-3)16-9-5-4-6-10-16/h4-6,9-10,15,17-18H,7-8,11-14H2,1-3H3. The molecule has 1 atom stereocenters. The van der Waals surface area contributed by atoms with Crippen LogP contribution in [0.4, 0.5) is 0 Å².